The molecule has 0 radical (unpaired) electrons. The van der Waals surface area contributed by atoms with Crippen LogP contribution in [0, 0.1) is 6.92 Å². The Morgan fingerprint density at radius 3 is 2.76 bits per heavy atom. The van der Waals surface area contributed by atoms with Gasteiger partial charge in [0.05, 0.1) is 11.3 Å². The van der Waals surface area contributed by atoms with E-state index >= 15 is 0 Å². The Bertz CT molecular complexity index is 407. The molecule has 0 saturated carbocycles. The van der Waals surface area contributed by atoms with Gasteiger partial charge in [0.25, 0.3) is 5.91 Å². The van der Waals surface area contributed by atoms with E-state index in [1.54, 1.807) is 6.07 Å². The molecule has 17 heavy (non-hydrogen) atoms. The zero-order valence-corrected chi connectivity index (χ0v) is 11.7. The maximum absolute atomic E-state index is 11.7. The first-order valence-electron chi connectivity index (χ1n) is 5.65. The molecule has 0 aromatic heterocycles. The molecule has 4 nitrogen and oxygen atoms in total. The second-order valence-corrected chi connectivity index (χ2v) is 4.81. The van der Waals surface area contributed by atoms with Crippen molar-refractivity contribution in [3.8, 4) is 0 Å². The summed E-state index contributed by atoms with van der Waals surface area (Å²) in [6.07, 6.45) is 2.18. The highest BCUT2D eigenvalue weighted by Crippen LogP contribution is 2.25. The van der Waals surface area contributed by atoms with Crippen molar-refractivity contribution < 1.29 is 4.79 Å². The molecule has 1 amide bonds. The summed E-state index contributed by atoms with van der Waals surface area (Å²) in [6.45, 7) is 4.94. The van der Waals surface area contributed by atoms with Gasteiger partial charge in [0.1, 0.15) is 0 Å². The lowest BCUT2D eigenvalue weighted by Crippen LogP contribution is -2.31. The van der Waals surface area contributed by atoms with Crippen LogP contribution in [-0.4, -0.2) is 12.5 Å². The van der Waals surface area contributed by atoms with Gasteiger partial charge in [-0.3, -0.25) is 10.2 Å². The van der Waals surface area contributed by atoms with E-state index in [2.05, 4.69) is 33.6 Å². The van der Waals surface area contributed by atoms with Crippen molar-refractivity contribution in [1.29, 1.82) is 0 Å². The first-order chi connectivity index (χ1) is 8.10. The molecule has 0 heterocycles. The van der Waals surface area contributed by atoms with Gasteiger partial charge in [0.15, 0.2) is 0 Å². The van der Waals surface area contributed by atoms with Crippen LogP contribution >= 0.6 is 15.9 Å². The van der Waals surface area contributed by atoms with Gasteiger partial charge < -0.3 is 5.32 Å². The van der Waals surface area contributed by atoms with Crippen molar-refractivity contribution in [3.63, 3.8) is 0 Å². The highest BCUT2D eigenvalue weighted by atomic mass is 79.9. The van der Waals surface area contributed by atoms with Gasteiger partial charge in [-0.15, -0.1) is 0 Å². The van der Waals surface area contributed by atoms with Gasteiger partial charge in [-0.05, 0) is 31.0 Å². The zero-order valence-electron chi connectivity index (χ0n) is 10.1. The molecule has 0 aliphatic carbocycles. The number of nitrogens with two attached hydrogens (primary N) is 1. The summed E-state index contributed by atoms with van der Waals surface area (Å²) in [6, 6.07) is 3.74. The number of amides is 1. The average molecular weight is 300 g/mol. The van der Waals surface area contributed by atoms with E-state index < -0.39 is 0 Å². The van der Waals surface area contributed by atoms with Crippen molar-refractivity contribution in [2.45, 2.75) is 26.7 Å². The van der Waals surface area contributed by atoms with Crippen molar-refractivity contribution in [3.05, 3.63) is 27.7 Å². The SMILES string of the molecule is CCCCNc1c(C)cc(Br)cc1C(=O)NN. The number of hydrogen-bond acceptors (Lipinski definition) is 3. The normalized spacial score (nSPS) is 10.1. The second kappa shape index (κ2) is 6.61. The predicted molar refractivity (Wildman–Crippen MR) is 73.9 cm³/mol. The van der Waals surface area contributed by atoms with Crippen LogP contribution in [-0.2, 0) is 0 Å². The lowest BCUT2D eigenvalue weighted by molar-refractivity contribution is 0.0954. The fourth-order valence-corrected chi connectivity index (χ4v) is 2.20. The van der Waals surface area contributed by atoms with Gasteiger partial charge in [0, 0.05) is 11.0 Å². The zero-order chi connectivity index (χ0) is 12.8. The third-order valence-corrected chi connectivity index (χ3v) is 2.97. The summed E-state index contributed by atoms with van der Waals surface area (Å²) in [5.41, 5.74) is 4.61. The number of unbranched alkanes of at least 4 members (excludes halogenated alkanes) is 1. The minimum absolute atomic E-state index is 0.284. The van der Waals surface area contributed by atoms with Crippen LogP contribution in [0.2, 0.25) is 0 Å². The third-order valence-electron chi connectivity index (χ3n) is 2.51. The number of halogens is 1. The van der Waals surface area contributed by atoms with Crippen LogP contribution in [0.4, 0.5) is 5.69 Å². The number of hydrogen-bond donors (Lipinski definition) is 3. The number of carbonyl (C=O) groups is 1. The van der Waals surface area contributed by atoms with Crippen LogP contribution < -0.4 is 16.6 Å². The highest BCUT2D eigenvalue weighted by molar-refractivity contribution is 9.10. The van der Waals surface area contributed by atoms with Gasteiger partial charge in [-0.25, -0.2) is 5.84 Å². The molecule has 0 saturated heterocycles. The minimum atomic E-state index is -0.284. The van der Waals surface area contributed by atoms with Crippen LogP contribution in [0.3, 0.4) is 0 Å². The molecule has 0 fully saturated rings. The van der Waals surface area contributed by atoms with E-state index in [9.17, 15) is 4.79 Å². The Balaban J connectivity index is 3.03. The van der Waals surface area contributed by atoms with Crippen molar-refractivity contribution >= 4 is 27.5 Å². The Kier molecular flexibility index (Phi) is 5.44. The summed E-state index contributed by atoms with van der Waals surface area (Å²) >= 11 is 3.38. The molecule has 4 N–H and O–H groups in total. The second-order valence-electron chi connectivity index (χ2n) is 3.90. The topological polar surface area (TPSA) is 67.2 Å². The molecule has 1 aromatic rings. The van der Waals surface area contributed by atoms with Gasteiger partial charge >= 0.3 is 0 Å². The summed E-state index contributed by atoms with van der Waals surface area (Å²) in [5.74, 6) is 4.90. The Labute approximate surface area is 110 Å². The summed E-state index contributed by atoms with van der Waals surface area (Å²) in [7, 11) is 0. The highest BCUT2D eigenvalue weighted by Gasteiger charge is 2.13. The smallest absolute Gasteiger partial charge is 0.267 e. The number of nitrogen functional groups attached to an aromatic ring is 1. The average Bonchev–Trinajstić information content (AvgIpc) is 2.30. The molecule has 1 aromatic carbocycles. The molecule has 94 valence electrons. The monoisotopic (exact) mass is 299 g/mol. The molecule has 5 heteroatoms. The van der Waals surface area contributed by atoms with E-state index in [1.807, 2.05) is 13.0 Å². The van der Waals surface area contributed by atoms with Crippen LogP contribution in [0.5, 0.6) is 0 Å². The summed E-state index contributed by atoms with van der Waals surface area (Å²) < 4.78 is 0.870. The molecule has 0 aliphatic rings. The Morgan fingerprint density at radius 2 is 2.18 bits per heavy atom. The maximum Gasteiger partial charge on any atom is 0.267 e. The standard InChI is InChI=1S/C12H18BrN3O/c1-3-4-5-15-11-8(2)6-9(13)7-10(11)12(17)16-14/h6-7,15H,3-5,14H2,1-2H3,(H,16,17). The van der Waals surface area contributed by atoms with Gasteiger partial charge in [-0.2, -0.15) is 0 Å². The maximum atomic E-state index is 11.7. The van der Waals surface area contributed by atoms with Crippen LogP contribution in [0.15, 0.2) is 16.6 Å². The molecule has 0 spiro atoms. The summed E-state index contributed by atoms with van der Waals surface area (Å²) in [5, 5.41) is 3.29. The van der Waals surface area contributed by atoms with Gasteiger partial charge in [-0.1, -0.05) is 29.3 Å². The Hall–Kier alpha value is -1.07. The minimum Gasteiger partial charge on any atom is -0.384 e. The first-order valence-corrected chi connectivity index (χ1v) is 6.44. The molecule has 0 aliphatic heterocycles. The molecular formula is C12H18BrN3O. The lowest BCUT2D eigenvalue weighted by Gasteiger charge is -2.14. The quantitative estimate of drug-likeness (QED) is 0.339. The molecule has 0 unspecified atom stereocenters. The summed E-state index contributed by atoms with van der Waals surface area (Å²) in [4.78, 5) is 11.7. The first kappa shape index (κ1) is 14.0. The van der Waals surface area contributed by atoms with Crippen molar-refractivity contribution in [1.82, 2.24) is 5.43 Å². The van der Waals surface area contributed by atoms with E-state index in [0.717, 1.165) is 35.1 Å². The molecule has 1 rings (SSSR count). The fourth-order valence-electron chi connectivity index (χ4n) is 1.62. The van der Waals surface area contributed by atoms with E-state index in [4.69, 9.17) is 5.84 Å². The number of carbonyl (C=O) groups excluding carboxylic acids is 1. The third kappa shape index (κ3) is 3.71. The van der Waals surface area contributed by atoms with E-state index in [0.29, 0.717) is 5.56 Å². The van der Waals surface area contributed by atoms with Gasteiger partial charge in [0.2, 0.25) is 0 Å². The van der Waals surface area contributed by atoms with Crippen molar-refractivity contribution in [2.75, 3.05) is 11.9 Å². The number of hydrazine groups is 1. The van der Waals surface area contributed by atoms with Crippen LogP contribution in [0.1, 0.15) is 35.7 Å². The largest absolute Gasteiger partial charge is 0.384 e. The molecular weight excluding hydrogens is 282 g/mol. The number of rotatable bonds is 5. The predicted octanol–water partition coefficient (Wildman–Crippen LogP) is 2.57. The van der Waals surface area contributed by atoms with Crippen LogP contribution in [0.25, 0.3) is 0 Å². The Morgan fingerprint density at radius 1 is 1.47 bits per heavy atom. The lowest BCUT2D eigenvalue weighted by atomic mass is 10.1. The van der Waals surface area contributed by atoms with Crippen molar-refractivity contribution in [2.24, 2.45) is 5.84 Å². The number of aryl methyl sites for hydroxylation is 1. The molecule has 0 bridgehead atoms. The number of nitrogens with one attached hydrogen (secondary N) is 2. The molecule has 0 atom stereocenters. The van der Waals surface area contributed by atoms with E-state index in [-0.39, 0.29) is 5.91 Å². The number of benzene rings is 1. The van der Waals surface area contributed by atoms with E-state index in [1.165, 1.54) is 0 Å². The fraction of sp³-hybridized carbons (Fsp3) is 0.417. The number of anilines is 1.